The highest BCUT2D eigenvalue weighted by molar-refractivity contribution is 5.81. The minimum atomic E-state index is 0.460. The van der Waals surface area contributed by atoms with Gasteiger partial charge in [-0.05, 0) is 43.7 Å². The fraction of sp³-hybridized carbons (Fsp3) is 0.222. The van der Waals surface area contributed by atoms with Gasteiger partial charge in [-0.15, -0.1) is 0 Å². The quantitative estimate of drug-likeness (QED) is 0.751. The SMILES string of the molecule is CCOc1ccc(Nc2c(CC)c(N)c(C#N)c3ccnn23)cc1. The molecule has 6 nitrogen and oxygen atoms in total. The number of benzene rings is 1. The second-order valence-corrected chi connectivity index (χ2v) is 5.29. The molecule has 3 rings (SSSR count). The maximum Gasteiger partial charge on any atom is 0.137 e. The minimum Gasteiger partial charge on any atom is -0.494 e. The molecule has 0 saturated heterocycles. The number of aromatic nitrogens is 2. The molecule has 0 amide bonds. The summed E-state index contributed by atoms with van der Waals surface area (Å²) in [7, 11) is 0. The Labute approximate surface area is 140 Å². The number of nitrogen functional groups attached to an aromatic ring is 1. The number of anilines is 3. The Morgan fingerprint density at radius 2 is 2.00 bits per heavy atom. The second-order valence-electron chi connectivity index (χ2n) is 5.29. The van der Waals surface area contributed by atoms with E-state index < -0.39 is 0 Å². The smallest absolute Gasteiger partial charge is 0.137 e. The number of pyridine rings is 1. The number of nitriles is 1. The van der Waals surface area contributed by atoms with E-state index in [1.54, 1.807) is 16.8 Å². The molecule has 6 heteroatoms. The molecule has 0 fully saturated rings. The molecule has 2 heterocycles. The summed E-state index contributed by atoms with van der Waals surface area (Å²) in [6.45, 7) is 4.59. The standard InChI is InChI=1S/C18H19N5O/c1-3-14-17(20)15(11-19)16-9-10-21-23(16)18(14)22-12-5-7-13(8-6-12)24-4-2/h5-10,22H,3-4,20H2,1-2H3. The Bertz CT molecular complexity index is 906. The van der Waals surface area contributed by atoms with E-state index in [4.69, 9.17) is 10.5 Å². The van der Waals surface area contributed by atoms with E-state index in [1.807, 2.05) is 38.1 Å². The number of fused-ring (bicyclic) bond motifs is 1. The molecule has 0 saturated carbocycles. The summed E-state index contributed by atoms with van der Waals surface area (Å²) < 4.78 is 7.19. The van der Waals surface area contributed by atoms with E-state index in [9.17, 15) is 5.26 Å². The van der Waals surface area contributed by atoms with Crippen LogP contribution in [0.1, 0.15) is 25.0 Å². The van der Waals surface area contributed by atoms with Crippen LogP contribution in [0, 0.1) is 11.3 Å². The van der Waals surface area contributed by atoms with Crippen LogP contribution in [0.5, 0.6) is 5.75 Å². The first kappa shape index (κ1) is 15.7. The van der Waals surface area contributed by atoms with Crippen LogP contribution in [0.15, 0.2) is 36.5 Å². The molecule has 0 atom stereocenters. The Morgan fingerprint density at radius 1 is 1.25 bits per heavy atom. The molecule has 0 radical (unpaired) electrons. The first-order valence-electron chi connectivity index (χ1n) is 7.87. The lowest BCUT2D eigenvalue weighted by Gasteiger charge is -2.17. The average molecular weight is 321 g/mol. The zero-order valence-corrected chi connectivity index (χ0v) is 13.7. The topological polar surface area (TPSA) is 88.4 Å². The summed E-state index contributed by atoms with van der Waals surface area (Å²) >= 11 is 0. The van der Waals surface area contributed by atoms with Crippen molar-refractivity contribution in [2.45, 2.75) is 20.3 Å². The van der Waals surface area contributed by atoms with Crippen LogP contribution in [0.2, 0.25) is 0 Å². The summed E-state index contributed by atoms with van der Waals surface area (Å²) in [5.74, 6) is 1.60. The maximum absolute atomic E-state index is 9.41. The van der Waals surface area contributed by atoms with Gasteiger partial charge in [-0.3, -0.25) is 0 Å². The van der Waals surface area contributed by atoms with E-state index in [0.717, 1.165) is 22.8 Å². The third kappa shape index (κ3) is 2.61. The van der Waals surface area contributed by atoms with Crippen molar-refractivity contribution in [2.24, 2.45) is 0 Å². The molecule has 122 valence electrons. The molecule has 2 aromatic heterocycles. The zero-order chi connectivity index (χ0) is 17.1. The molecule has 0 aliphatic heterocycles. The van der Waals surface area contributed by atoms with Gasteiger partial charge in [0, 0.05) is 11.3 Å². The van der Waals surface area contributed by atoms with Crippen molar-refractivity contribution in [2.75, 3.05) is 17.7 Å². The Hall–Kier alpha value is -3.20. The summed E-state index contributed by atoms with van der Waals surface area (Å²) in [5, 5.41) is 17.1. The van der Waals surface area contributed by atoms with Gasteiger partial charge >= 0.3 is 0 Å². The van der Waals surface area contributed by atoms with Crippen LogP contribution >= 0.6 is 0 Å². The van der Waals surface area contributed by atoms with E-state index in [2.05, 4.69) is 16.5 Å². The molecule has 3 N–H and O–H groups in total. The van der Waals surface area contributed by atoms with Gasteiger partial charge in [0.2, 0.25) is 0 Å². The predicted octanol–water partition coefficient (Wildman–Crippen LogP) is 3.49. The lowest BCUT2D eigenvalue weighted by Crippen LogP contribution is -2.09. The van der Waals surface area contributed by atoms with Crippen molar-refractivity contribution in [1.29, 1.82) is 5.26 Å². The molecule has 3 aromatic rings. The highest BCUT2D eigenvalue weighted by Gasteiger charge is 2.17. The van der Waals surface area contributed by atoms with Crippen LogP contribution in [-0.2, 0) is 6.42 Å². The van der Waals surface area contributed by atoms with Crippen molar-refractivity contribution in [3.63, 3.8) is 0 Å². The van der Waals surface area contributed by atoms with E-state index in [0.29, 0.717) is 29.8 Å². The lowest BCUT2D eigenvalue weighted by molar-refractivity contribution is 0.340. The number of rotatable bonds is 5. The van der Waals surface area contributed by atoms with Crippen molar-refractivity contribution >= 4 is 22.7 Å². The van der Waals surface area contributed by atoms with Gasteiger partial charge in [0.25, 0.3) is 0 Å². The Morgan fingerprint density at radius 3 is 2.62 bits per heavy atom. The van der Waals surface area contributed by atoms with E-state index in [1.165, 1.54) is 0 Å². The van der Waals surface area contributed by atoms with Gasteiger partial charge in [0.15, 0.2) is 0 Å². The molecular formula is C18H19N5O. The molecule has 0 bridgehead atoms. The monoisotopic (exact) mass is 321 g/mol. The average Bonchev–Trinajstić information content (AvgIpc) is 3.06. The highest BCUT2D eigenvalue weighted by atomic mass is 16.5. The first-order valence-corrected chi connectivity index (χ1v) is 7.87. The van der Waals surface area contributed by atoms with E-state index in [-0.39, 0.29) is 0 Å². The Kier molecular flexibility index (Phi) is 4.25. The van der Waals surface area contributed by atoms with Crippen molar-refractivity contribution in [1.82, 2.24) is 9.61 Å². The molecule has 0 aliphatic rings. The minimum absolute atomic E-state index is 0.460. The summed E-state index contributed by atoms with van der Waals surface area (Å²) in [6.07, 6.45) is 2.36. The van der Waals surface area contributed by atoms with Crippen LogP contribution in [0.4, 0.5) is 17.2 Å². The molecular weight excluding hydrogens is 302 g/mol. The molecule has 0 aliphatic carbocycles. The number of hydrogen-bond donors (Lipinski definition) is 2. The van der Waals surface area contributed by atoms with Gasteiger partial charge in [-0.2, -0.15) is 10.4 Å². The molecule has 0 spiro atoms. The normalized spacial score (nSPS) is 10.5. The zero-order valence-electron chi connectivity index (χ0n) is 13.7. The summed E-state index contributed by atoms with van der Waals surface area (Å²) in [4.78, 5) is 0. The second kappa shape index (κ2) is 6.50. The van der Waals surface area contributed by atoms with Crippen molar-refractivity contribution in [3.8, 4) is 11.8 Å². The van der Waals surface area contributed by atoms with Crippen LogP contribution in [0.3, 0.4) is 0 Å². The predicted molar refractivity (Wildman–Crippen MR) is 94.6 cm³/mol. The Balaban J connectivity index is 2.09. The fourth-order valence-corrected chi connectivity index (χ4v) is 2.76. The van der Waals surface area contributed by atoms with Crippen molar-refractivity contribution in [3.05, 3.63) is 47.7 Å². The molecule has 24 heavy (non-hydrogen) atoms. The van der Waals surface area contributed by atoms with Crippen molar-refractivity contribution < 1.29 is 4.74 Å². The maximum atomic E-state index is 9.41. The lowest BCUT2D eigenvalue weighted by atomic mass is 10.1. The van der Waals surface area contributed by atoms with Crippen LogP contribution in [0.25, 0.3) is 5.52 Å². The highest BCUT2D eigenvalue weighted by Crippen LogP contribution is 2.32. The number of nitrogens with one attached hydrogen (secondary N) is 1. The largest absolute Gasteiger partial charge is 0.494 e. The fourth-order valence-electron chi connectivity index (χ4n) is 2.76. The van der Waals surface area contributed by atoms with Gasteiger partial charge in [0.05, 0.1) is 24.0 Å². The molecule has 1 aromatic carbocycles. The van der Waals surface area contributed by atoms with E-state index >= 15 is 0 Å². The third-order valence-electron chi connectivity index (χ3n) is 3.88. The molecule has 0 unspecified atom stereocenters. The van der Waals surface area contributed by atoms with Gasteiger partial charge in [-0.25, -0.2) is 4.52 Å². The summed E-state index contributed by atoms with van der Waals surface area (Å²) in [5.41, 5.74) is 9.65. The number of ether oxygens (including phenoxy) is 1. The third-order valence-corrected chi connectivity index (χ3v) is 3.88. The number of nitrogens with zero attached hydrogens (tertiary/aromatic N) is 3. The number of hydrogen-bond acceptors (Lipinski definition) is 5. The number of nitrogens with two attached hydrogens (primary N) is 1. The first-order chi connectivity index (χ1) is 11.7. The summed E-state index contributed by atoms with van der Waals surface area (Å²) in [6, 6.07) is 11.7. The van der Waals surface area contributed by atoms with Crippen LogP contribution in [-0.4, -0.2) is 16.2 Å². The van der Waals surface area contributed by atoms with Gasteiger partial charge in [-0.1, -0.05) is 6.92 Å². The van der Waals surface area contributed by atoms with Crippen LogP contribution < -0.4 is 15.8 Å². The van der Waals surface area contributed by atoms with Gasteiger partial charge in [0.1, 0.15) is 23.2 Å². The van der Waals surface area contributed by atoms with Gasteiger partial charge < -0.3 is 15.8 Å².